The molecule has 0 amide bonds. The van der Waals surface area contributed by atoms with Crippen molar-refractivity contribution in [1.29, 1.82) is 0 Å². The number of fused-ring (bicyclic) bond motifs is 1. The second-order valence-electron chi connectivity index (χ2n) is 4.97. The van der Waals surface area contributed by atoms with E-state index in [2.05, 4.69) is 6.92 Å². The van der Waals surface area contributed by atoms with Crippen molar-refractivity contribution >= 4 is 0 Å². The molecule has 3 atom stereocenters. The van der Waals surface area contributed by atoms with Crippen molar-refractivity contribution in [2.75, 3.05) is 6.61 Å². The first-order valence-electron chi connectivity index (χ1n) is 5.48. The topological polar surface area (TPSA) is 40.5 Å². The van der Waals surface area contributed by atoms with Crippen molar-refractivity contribution < 1.29 is 10.2 Å². The predicted molar refractivity (Wildman–Crippen MR) is 51.3 cm³/mol. The van der Waals surface area contributed by atoms with Crippen LogP contribution in [0.15, 0.2) is 0 Å². The van der Waals surface area contributed by atoms with Crippen molar-refractivity contribution in [3.05, 3.63) is 0 Å². The molecule has 0 bridgehead atoms. The average Bonchev–Trinajstić information content (AvgIpc) is 2.51. The summed E-state index contributed by atoms with van der Waals surface area (Å²) < 4.78 is 0. The monoisotopic (exact) mass is 184 g/mol. The van der Waals surface area contributed by atoms with Crippen LogP contribution in [0.25, 0.3) is 0 Å². The van der Waals surface area contributed by atoms with E-state index >= 15 is 0 Å². The minimum Gasteiger partial charge on any atom is -0.396 e. The van der Waals surface area contributed by atoms with Gasteiger partial charge in [0.1, 0.15) is 0 Å². The normalized spacial score (nSPS) is 49.6. The van der Waals surface area contributed by atoms with E-state index in [0.717, 1.165) is 38.5 Å². The summed E-state index contributed by atoms with van der Waals surface area (Å²) in [7, 11) is 0. The van der Waals surface area contributed by atoms with Crippen LogP contribution in [-0.2, 0) is 0 Å². The van der Waals surface area contributed by atoms with Crippen LogP contribution in [0.1, 0.15) is 45.4 Å². The third-order valence-electron chi connectivity index (χ3n) is 4.59. The zero-order valence-corrected chi connectivity index (χ0v) is 8.42. The molecule has 0 aliphatic heterocycles. The number of hydrogen-bond donors (Lipinski definition) is 2. The summed E-state index contributed by atoms with van der Waals surface area (Å²) >= 11 is 0. The van der Waals surface area contributed by atoms with Gasteiger partial charge in [0.05, 0.1) is 5.60 Å². The van der Waals surface area contributed by atoms with Crippen LogP contribution in [0, 0.1) is 11.3 Å². The van der Waals surface area contributed by atoms with Gasteiger partial charge in [-0.15, -0.1) is 0 Å². The van der Waals surface area contributed by atoms with Crippen molar-refractivity contribution in [3.8, 4) is 0 Å². The van der Waals surface area contributed by atoms with Crippen molar-refractivity contribution in [2.45, 2.75) is 51.0 Å². The molecule has 0 aromatic heterocycles. The molecule has 0 saturated heterocycles. The van der Waals surface area contributed by atoms with E-state index in [1.165, 1.54) is 0 Å². The molecule has 2 N–H and O–H groups in total. The van der Waals surface area contributed by atoms with Gasteiger partial charge in [-0.25, -0.2) is 0 Å². The van der Waals surface area contributed by atoms with E-state index in [0.29, 0.717) is 5.92 Å². The van der Waals surface area contributed by atoms with Crippen LogP contribution >= 0.6 is 0 Å². The van der Waals surface area contributed by atoms with Gasteiger partial charge in [0.25, 0.3) is 0 Å². The molecule has 13 heavy (non-hydrogen) atoms. The fourth-order valence-corrected chi connectivity index (χ4v) is 3.70. The van der Waals surface area contributed by atoms with Crippen molar-refractivity contribution in [1.82, 2.24) is 0 Å². The number of hydrogen-bond acceptors (Lipinski definition) is 2. The van der Waals surface area contributed by atoms with E-state index in [1.807, 2.05) is 0 Å². The van der Waals surface area contributed by atoms with Crippen molar-refractivity contribution in [3.63, 3.8) is 0 Å². The standard InChI is InChI=1S/C11H20O2/c1-9-3-6-10(7-8-12)4-2-5-11(9,10)13/h9,12-13H,2-8H2,1H3/t9?,10-,11-/m1/s1. The van der Waals surface area contributed by atoms with Crippen LogP contribution in [0.2, 0.25) is 0 Å². The maximum atomic E-state index is 10.6. The Morgan fingerprint density at radius 1 is 1.31 bits per heavy atom. The van der Waals surface area contributed by atoms with Crippen LogP contribution in [0.4, 0.5) is 0 Å². The summed E-state index contributed by atoms with van der Waals surface area (Å²) in [4.78, 5) is 0. The first-order chi connectivity index (χ1) is 6.15. The lowest BCUT2D eigenvalue weighted by molar-refractivity contribution is -0.0734. The van der Waals surface area contributed by atoms with Crippen LogP contribution in [-0.4, -0.2) is 22.4 Å². The molecule has 2 saturated carbocycles. The van der Waals surface area contributed by atoms with Crippen LogP contribution in [0.5, 0.6) is 0 Å². The Hall–Kier alpha value is -0.0800. The molecular formula is C11H20O2. The number of rotatable bonds is 2. The molecule has 0 spiro atoms. The SMILES string of the molecule is CC1CC[C@@]2(CCO)CCC[C@@]12O. The molecule has 1 unspecified atom stereocenters. The summed E-state index contributed by atoms with van der Waals surface area (Å²) in [6.45, 7) is 2.39. The summed E-state index contributed by atoms with van der Waals surface area (Å²) in [5.74, 6) is 0.432. The van der Waals surface area contributed by atoms with E-state index in [-0.39, 0.29) is 12.0 Å². The molecule has 2 aliphatic carbocycles. The molecule has 2 heteroatoms. The fourth-order valence-electron chi connectivity index (χ4n) is 3.70. The Bertz CT molecular complexity index is 200. The molecular weight excluding hydrogens is 164 g/mol. The van der Waals surface area contributed by atoms with Gasteiger partial charge in [-0.05, 0) is 44.4 Å². The van der Waals surface area contributed by atoms with Crippen LogP contribution < -0.4 is 0 Å². The van der Waals surface area contributed by atoms with E-state index in [1.54, 1.807) is 0 Å². The fraction of sp³-hybridized carbons (Fsp3) is 1.00. The lowest BCUT2D eigenvalue weighted by Crippen LogP contribution is -2.43. The first-order valence-corrected chi connectivity index (χ1v) is 5.48. The van der Waals surface area contributed by atoms with Gasteiger partial charge >= 0.3 is 0 Å². The molecule has 76 valence electrons. The van der Waals surface area contributed by atoms with E-state index < -0.39 is 5.60 Å². The molecule has 2 nitrogen and oxygen atoms in total. The largest absolute Gasteiger partial charge is 0.396 e. The maximum Gasteiger partial charge on any atom is 0.0729 e. The predicted octanol–water partition coefficient (Wildman–Crippen LogP) is 1.70. The second-order valence-corrected chi connectivity index (χ2v) is 4.97. The zero-order chi connectivity index (χ0) is 9.53. The third-order valence-corrected chi connectivity index (χ3v) is 4.59. The summed E-state index contributed by atoms with van der Waals surface area (Å²) in [6.07, 6.45) is 6.26. The Morgan fingerprint density at radius 2 is 2.08 bits per heavy atom. The molecule has 0 aromatic rings. The van der Waals surface area contributed by atoms with Gasteiger partial charge in [-0.2, -0.15) is 0 Å². The molecule has 0 heterocycles. The van der Waals surface area contributed by atoms with Crippen molar-refractivity contribution in [2.24, 2.45) is 11.3 Å². The zero-order valence-electron chi connectivity index (χ0n) is 8.42. The molecule has 2 rings (SSSR count). The molecule has 0 radical (unpaired) electrons. The minimum atomic E-state index is -0.449. The maximum absolute atomic E-state index is 10.6. The Labute approximate surface area is 80.0 Å². The molecule has 2 aliphatic rings. The van der Waals surface area contributed by atoms with Gasteiger partial charge in [0, 0.05) is 12.0 Å². The smallest absolute Gasteiger partial charge is 0.0729 e. The van der Waals surface area contributed by atoms with Gasteiger partial charge in [0.15, 0.2) is 0 Å². The highest BCUT2D eigenvalue weighted by molar-refractivity contribution is 5.10. The van der Waals surface area contributed by atoms with Gasteiger partial charge in [0.2, 0.25) is 0 Å². The Balaban J connectivity index is 2.25. The highest BCUT2D eigenvalue weighted by Gasteiger charge is 2.59. The first kappa shape index (κ1) is 9.47. The highest BCUT2D eigenvalue weighted by Crippen LogP contribution is 2.61. The number of aliphatic hydroxyl groups is 2. The lowest BCUT2D eigenvalue weighted by atomic mass is 9.72. The van der Waals surface area contributed by atoms with E-state index in [9.17, 15) is 5.11 Å². The Morgan fingerprint density at radius 3 is 2.77 bits per heavy atom. The molecule has 2 fully saturated rings. The van der Waals surface area contributed by atoms with Gasteiger partial charge < -0.3 is 10.2 Å². The minimum absolute atomic E-state index is 0.0706. The lowest BCUT2D eigenvalue weighted by Gasteiger charge is -2.38. The summed E-state index contributed by atoms with van der Waals surface area (Å²) in [6, 6.07) is 0. The summed E-state index contributed by atoms with van der Waals surface area (Å²) in [5, 5.41) is 19.6. The summed E-state index contributed by atoms with van der Waals surface area (Å²) in [5.41, 5.74) is -0.378. The van der Waals surface area contributed by atoms with E-state index in [4.69, 9.17) is 5.11 Å². The van der Waals surface area contributed by atoms with Gasteiger partial charge in [-0.3, -0.25) is 0 Å². The van der Waals surface area contributed by atoms with Gasteiger partial charge in [-0.1, -0.05) is 6.92 Å². The number of aliphatic hydroxyl groups excluding tert-OH is 1. The second kappa shape index (κ2) is 2.96. The third kappa shape index (κ3) is 1.08. The Kier molecular flexibility index (Phi) is 2.16. The quantitative estimate of drug-likeness (QED) is 0.685. The highest BCUT2D eigenvalue weighted by atomic mass is 16.3. The molecule has 0 aromatic carbocycles. The van der Waals surface area contributed by atoms with Crippen LogP contribution in [0.3, 0.4) is 0 Å². The average molecular weight is 184 g/mol.